The van der Waals surface area contributed by atoms with E-state index in [4.69, 9.17) is 4.42 Å². The molecule has 3 aromatic rings. The molecule has 2 heterocycles. The Hall–Kier alpha value is -2.84. The quantitative estimate of drug-likeness (QED) is 0.692. The third kappa shape index (κ3) is 2.65. The molecule has 9 heteroatoms. The van der Waals surface area contributed by atoms with E-state index in [0.29, 0.717) is 11.0 Å². The van der Waals surface area contributed by atoms with Gasteiger partial charge in [-0.15, -0.1) is 0 Å². The maximum atomic E-state index is 13.1. The second-order valence-electron chi connectivity index (χ2n) is 4.50. The molecule has 0 aliphatic rings. The van der Waals surface area contributed by atoms with Gasteiger partial charge in [-0.05, 0) is 19.1 Å². The largest absolute Gasteiger partial charge is 0.460 e. The summed E-state index contributed by atoms with van der Waals surface area (Å²) < 4.78 is 50.0. The third-order valence-electron chi connectivity index (χ3n) is 3.00. The van der Waals surface area contributed by atoms with Gasteiger partial charge in [0.25, 0.3) is 0 Å². The first-order valence-corrected chi connectivity index (χ1v) is 6.59. The first-order chi connectivity index (χ1) is 10.9. The Morgan fingerprint density at radius 3 is 2.78 bits per heavy atom. The predicted octanol–water partition coefficient (Wildman–Crippen LogP) is 3.21. The number of ether oxygens (including phenoxy) is 1. The normalized spacial score (nSPS) is 11.8. The number of alkyl halides is 3. The first kappa shape index (κ1) is 15.1. The van der Waals surface area contributed by atoms with Gasteiger partial charge in [0.1, 0.15) is 6.33 Å². The van der Waals surface area contributed by atoms with Crippen molar-refractivity contribution < 1.29 is 27.1 Å². The molecule has 3 rings (SSSR count). The van der Waals surface area contributed by atoms with Crippen molar-refractivity contribution in [2.24, 2.45) is 0 Å². The molecule has 0 atom stereocenters. The molecule has 0 fully saturated rings. The van der Waals surface area contributed by atoms with Crippen LogP contribution in [-0.2, 0) is 10.9 Å². The van der Waals surface area contributed by atoms with Gasteiger partial charge in [0.05, 0.1) is 17.6 Å². The fraction of sp³-hybridized carbons (Fsp3) is 0.214. The molecule has 0 aliphatic heterocycles. The number of para-hydroxylation sites is 2. The second-order valence-corrected chi connectivity index (χ2v) is 4.50. The number of hydrogen-bond acceptors (Lipinski definition) is 5. The van der Waals surface area contributed by atoms with Crippen molar-refractivity contribution >= 4 is 17.0 Å². The molecule has 23 heavy (non-hydrogen) atoms. The van der Waals surface area contributed by atoms with Crippen LogP contribution in [0, 0.1) is 0 Å². The number of imidazole rings is 1. The van der Waals surface area contributed by atoms with Gasteiger partial charge in [0.2, 0.25) is 5.76 Å². The van der Waals surface area contributed by atoms with Crippen molar-refractivity contribution in [3.8, 4) is 6.01 Å². The Labute approximate surface area is 127 Å². The molecule has 0 N–H and O–H groups in total. The van der Waals surface area contributed by atoms with Gasteiger partial charge < -0.3 is 9.15 Å². The van der Waals surface area contributed by atoms with Crippen LogP contribution in [0.4, 0.5) is 13.2 Å². The smallest absolute Gasteiger partial charge is 0.437 e. The number of carbonyl (C=O) groups is 1. The van der Waals surface area contributed by atoms with Crippen molar-refractivity contribution in [2.45, 2.75) is 13.1 Å². The second kappa shape index (κ2) is 5.41. The van der Waals surface area contributed by atoms with Gasteiger partial charge in [-0.2, -0.15) is 18.2 Å². The number of aromatic nitrogens is 3. The molecule has 0 unspecified atom stereocenters. The van der Waals surface area contributed by atoms with Crippen LogP contribution in [0.15, 0.2) is 35.0 Å². The Morgan fingerprint density at radius 2 is 2.09 bits per heavy atom. The highest BCUT2D eigenvalue weighted by molar-refractivity contribution is 5.88. The van der Waals surface area contributed by atoms with E-state index in [9.17, 15) is 18.0 Å². The zero-order chi connectivity index (χ0) is 16.6. The zero-order valence-corrected chi connectivity index (χ0v) is 11.8. The van der Waals surface area contributed by atoms with Crippen LogP contribution >= 0.6 is 0 Å². The van der Waals surface area contributed by atoms with E-state index in [1.807, 2.05) is 0 Å². The van der Waals surface area contributed by atoms with Gasteiger partial charge in [-0.3, -0.25) is 4.57 Å². The van der Waals surface area contributed by atoms with E-state index in [1.165, 1.54) is 17.8 Å². The summed E-state index contributed by atoms with van der Waals surface area (Å²) in [5, 5.41) is 0. The summed E-state index contributed by atoms with van der Waals surface area (Å²) in [6, 6.07) is 6.35. The number of benzene rings is 1. The molecule has 0 bridgehead atoms. The van der Waals surface area contributed by atoms with Crippen LogP contribution in [-0.4, -0.2) is 27.1 Å². The lowest BCUT2D eigenvalue weighted by Gasteiger charge is -2.03. The minimum absolute atomic E-state index is 0.0832. The summed E-state index contributed by atoms with van der Waals surface area (Å²) in [4.78, 5) is 19.1. The van der Waals surface area contributed by atoms with Crippen molar-refractivity contribution in [1.82, 2.24) is 14.5 Å². The minimum Gasteiger partial charge on any atom is -0.460 e. The van der Waals surface area contributed by atoms with Crippen molar-refractivity contribution in [1.29, 1.82) is 0 Å². The summed E-state index contributed by atoms with van der Waals surface area (Å²) in [6.45, 7) is 1.39. The van der Waals surface area contributed by atoms with E-state index in [-0.39, 0.29) is 6.61 Å². The van der Waals surface area contributed by atoms with Crippen LogP contribution < -0.4 is 0 Å². The van der Waals surface area contributed by atoms with Crippen LogP contribution in [0.3, 0.4) is 0 Å². The van der Waals surface area contributed by atoms with Gasteiger partial charge >= 0.3 is 18.2 Å². The van der Waals surface area contributed by atoms with Crippen LogP contribution in [0.1, 0.15) is 23.2 Å². The number of nitrogens with zero attached hydrogens (tertiary/aromatic N) is 3. The van der Waals surface area contributed by atoms with Crippen molar-refractivity contribution in [2.75, 3.05) is 6.61 Å². The molecule has 0 aliphatic carbocycles. The molecule has 120 valence electrons. The van der Waals surface area contributed by atoms with Crippen LogP contribution in [0.5, 0.6) is 0 Å². The number of esters is 1. The summed E-state index contributed by atoms with van der Waals surface area (Å²) in [5.74, 6) is -2.20. The molecule has 0 saturated carbocycles. The average molecular weight is 325 g/mol. The van der Waals surface area contributed by atoms with Gasteiger partial charge in [0, 0.05) is 0 Å². The number of carbonyl (C=O) groups excluding carboxylic acids is 1. The molecular weight excluding hydrogens is 315 g/mol. The van der Waals surface area contributed by atoms with Gasteiger partial charge in [-0.1, -0.05) is 12.1 Å². The van der Waals surface area contributed by atoms with Crippen LogP contribution in [0.25, 0.3) is 17.0 Å². The molecule has 0 saturated heterocycles. The number of rotatable bonds is 3. The molecule has 0 amide bonds. The van der Waals surface area contributed by atoms with E-state index in [1.54, 1.807) is 24.3 Å². The topological polar surface area (TPSA) is 70.2 Å². The molecule has 0 radical (unpaired) electrons. The monoisotopic (exact) mass is 325 g/mol. The maximum absolute atomic E-state index is 13.1. The fourth-order valence-corrected chi connectivity index (χ4v) is 2.05. The van der Waals surface area contributed by atoms with Gasteiger partial charge in [0.15, 0.2) is 5.69 Å². The summed E-state index contributed by atoms with van der Waals surface area (Å²) in [7, 11) is 0. The summed E-state index contributed by atoms with van der Waals surface area (Å²) in [5.41, 5.74) is -0.376. The van der Waals surface area contributed by atoms with Crippen LogP contribution in [0.2, 0.25) is 0 Å². The van der Waals surface area contributed by atoms with Gasteiger partial charge in [-0.25, -0.2) is 9.78 Å². The summed E-state index contributed by atoms with van der Waals surface area (Å²) >= 11 is 0. The van der Waals surface area contributed by atoms with E-state index < -0.39 is 29.6 Å². The maximum Gasteiger partial charge on any atom is 0.437 e. The highest BCUT2D eigenvalue weighted by atomic mass is 19.4. The molecule has 6 nitrogen and oxygen atoms in total. The summed E-state index contributed by atoms with van der Waals surface area (Å²) in [6.07, 6.45) is -3.58. The lowest BCUT2D eigenvalue weighted by molar-refractivity contribution is -0.141. The van der Waals surface area contributed by atoms with E-state index in [2.05, 4.69) is 14.7 Å². The minimum atomic E-state index is -4.85. The highest BCUT2D eigenvalue weighted by Gasteiger charge is 2.42. The number of halogens is 3. The average Bonchev–Trinajstić information content (AvgIpc) is 3.11. The number of hydrogen-bond donors (Lipinski definition) is 0. The molecule has 2 aromatic heterocycles. The predicted molar refractivity (Wildman–Crippen MR) is 72.1 cm³/mol. The lowest BCUT2D eigenvalue weighted by atomic mass is 10.3. The Morgan fingerprint density at radius 1 is 1.35 bits per heavy atom. The number of fused-ring (bicyclic) bond motifs is 1. The molecule has 0 spiro atoms. The zero-order valence-electron chi connectivity index (χ0n) is 11.8. The third-order valence-corrected chi connectivity index (χ3v) is 3.00. The Balaban J connectivity index is 2.16. The van der Waals surface area contributed by atoms with E-state index >= 15 is 0 Å². The van der Waals surface area contributed by atoms with E-state index in [0.717, 1.165) is 0 Å². The van der Waals surface area contributed by atoms with Crippen molar-refractivity contribution in [3.63, 3.8) is 0 Å². The van der Waals surface area contributed by atoms with Crippen molar-refractivity contribution in [3.05, 3.63) is 42.0 Å². The molecule has 1 aromatic carbocycles. The first-order valence-electron chi connectivity index (χ1n) is 6.59. The number of oxazole rings is 1. The fourth-order valence-electron chi connectivity index (χ4n) is 2.05. The SMILES string of the molecule is CCOC(=O)c1oc(-n2cnc3ccccc32)nc1C(F)(F)F. The molecular formula is C14H10F3N3O3. The lowest BCUT2D eigenvalue weighted by Crippen LogP contribution is -2.14. The Kier molecular flexibility index (Phi) is 3.55. The highest BCUT2D eigenvalue weighted by Crippen LogP contribution is 2.33. The standard InChI is InChI=1S/C14H10F3N3O3/c1-2-22-12(21)10-11(14(15,16)17)19-13(23-10)20-7-18-8-5-3-4-6-9(8)20/h3-7H,2H2,1H3. The Bertz CT molecular complexity index is 867.